The Morgan fingerprint density at radius 1 is 1.00 bits per heavy atom. The number of benzene rings is 2. The number of carbonyl (C=O) groups excluding carboxylic acids is 2. The molecule has 0 spiro atoms. The van der Waals surface area contributed by atoms with Gasteiger partial charge < -0.3 is 9.88 Å². The monoisotopic (exact) mass is 334 g/mol. The van der Waals surface area contributed by atoms with E-state index in [1.54, 1.807) is 29.1 Å². The highest BCUT2D eigenvalue weighted by Gasteiger charge is 2.13. The van der Waals surface area contributed by atoms with Gasteiger partial charge in [-0.1, -0.05) is 42.5 Å². The smallest absolute Gasteiger partial charge is 0.224 e. The van der Waals surface area contributed by atoms with E-state index in [1.165, 1.54) is 0 Å². The molecule has 6 heteroatoms. The Bertz CT molecular complexity index is 887. The lowest BCUT2D eigenvalue weighted by molar-refractivity contribution is -0.116. The summed E-state index contributed by atoms with van der Waals surface area (Å²) in [6.07, 6.45) is 1.90. The summed E-state index contributed by atoms with van der Waals surface area (Å²) in [5.74, 6) is 0.410. The number of rotatable bonds is 6. The molecule has 1 N–H and O–H groups in total. The highest BCUT2D eigenvalue weighted by Crippen LogP contribution is 2.25. The van der Waals surface area contributed by atoms with Crippen LogP contribution in [0.5, 0.6) is 0 Å². The van der Waals surface area contributed by atoms with Gasteiger partial charge in [0, 0.05) is 31.0 Å². The molecule has 25 heavy (non-hydrogen) atoms. The van der Waals surface area contributed by atoms with E-state index in [9.17, 15) is 9.59 Å². The number of carbonyl (C=O) groups is 2. The maximum atomic E-state index is 12.2. The third kappa shape index (κ3) is 3.98. The number of hydrogen-bond acceptors (Lipinski definition) is 4. The van der Waals surface area contributed by atoms with Crippen LogP contribution in [0.3, 0.4) is 0 Å². The van der Waals surface area contributed by atoms with Gasteiger partial charge >= 0.3 is 0 Å². The summed E-state index contributed by atoms with van der Waals surface area (Å²) >= 11 is 0. The summed E-state index contributed by atoms with van der Waals surface area (Å²) in [5.41, 5.74) is 2.05. The third-order valence-corrected chi connectivity index (χ3v) is 3.83. The summed E-state index contributed by atoms with van der Waals surface area (Å²) < 4.78 is 1.78. The Morgan fingerprint density at radius 3 is 2.44 bits per heavy atom. The lowest BCUT2D eigenvalue weighted by atomic mass is 10.1. The normalized spacial score (nSPS) is 10.4. The van der Waals surface area contributed by atoms with Gasteiger partial charge in [0.2, 0.25) is 5.91 Å². The van der Waals surface area contributed by atoms with Crippen molar-refractivity contribution in [1.29, 1.82) is 0 Å². The van der Waals surface area contributed by atoms with Gasteiger partial charge in [-0.3, -0.25) is 9.59 Å². The molecule has 1 heterocycles. The molecule has 2 aromatic carbocycles. The Labute approximate surface area is 145 Å². The second kappa shape index (κ2) is 7.53. The fraction of sp³-hybridized carbons (Fsp3) is 0.158. The van der Waals surface area contributed by atoms with Gasteiger partial charge in [0.25, 0.3) is 0 Å². The zero-order valence-corrected chi connectivity index (χ0v) is 13.8. The Kier molecular flexibility index (Phi) is 4.99. The molecule has 126 valence electrons. The number of aromatic nitrogens is 3. The van der Waals surface area contributed by atoms with Crippen molar-refractivity contribution in [2.24, 2.45) is 7.05 Å². The molecule has 3 aromatic rings. The number of nitrogens with zero attached hydrogens (tertiary/aromatic N) is 3. The lowest BCUT2D eigenvalue weighted by Crippen LogP contribution is -2.14. The number of aryl methyl sites for hydroxylation is 1. The number of hydrogen-bond donors (Lipinski definition) is 1. The summed E-state index contributed by atoms with van der Waals surface area (Å²) in [4.78, 5) is 24.3. The third-order valence-electron chi connectivity index (χ3n) is 3.83. The number of anilines is 1. The fourth-order valence-corrected chi connectivity index (χ4v) is 2.52. The van der Waals surface area contributed by atoms with Crippen LogP contribution in [0.1, 0.15) is 23.2 Å². The van der Waals surface area contributed by atoms with Crippen LogP contribution >= 0.6 is 0 Å². The summed E-state index contributed by atoms with van der Waals surface area (Å²) in [5, 5.41) is 10.8. The van der Waals surface area contributed by atoms with Crippen LogP contribution in [0, 0.1) is 0 Å². The van der Waals surface area contributed by atoms with Crippen LogP contribution in [0.2, 0.25) is 0 Å². The number of para-hydroxylation sites is 1. The lowest BCUT2D eigenvalue weighted by Gasteiger charge is -2.10. The minimum Gasteiger partial charge on any atom is -0.325 e. The van der Waals surface area contributed by atoms with Gasteiger partial charge in [-0.2, -0.15) is 0 Å². The first-order valence-corrected chi connectivity index (χ1v) is 7.96. The largest absolute Gasteiger partial charge is 0.325 e. The predicted octanol–water partition coefficient (Wildman–Crippen LogP) is 3.08. The Hall–Kier alpha value is -3.28. The first kappa shape index (κ1) is 16.6. The molecule has 1 aromatic heterocycles. The van der Waals surface area contributed by atoms with E-state index in [0.29, 0.717) is 17.1 Å². The molecule has 0 bridgehead atoms. The quantitative estimate of drug-likeness (QED) is 0.703. The van der Waals surface area contributed by atoms with E-state index in [0.717, 1.165) is 5.56 Å². The topological polar surface area (TPSA) is 76.9 Å². The highest BCUT2D eigenvalue weighted by atomic mass is 16.2. The number of amides is 1. The number of nitrogens with one attached hydrogen (secondary N) is 1. The molecular formula is C19H18N4O2. The zero-order valence-electron chi connectivity index (χ0n) is 13.8. The van der Waals surface area contributed by atoms with E-state index in [-0.39, 0.29) is 24.5 Å². The van der Waals surface area contributed by atoms with E-state index < -0.39 is 0 Å². The fourth-order valence-electron chi connectivity index (χ4n) is 2.52. The van der Waals surface area contributed by atoms with Crippen molar-refractivity contribution < 1.29 is 9.59 Å². The van der Waals surface area contributed by atoms with Gasteiger partial charge in [0.05, 0.1) is 5.69 Å². The van der Waals surface area contributed by atoms with Crippen molar-refractivity contribution >= 4 is 17.4 Å². The van der Waals surface area contributed by atoms with Crippen molar-refractivity contribution in [3.8, 4) is 11.4 Å². The van der Waals surface area contributed by atoms with Crippen molar-refractivity contribution in [3.05, 3.63) is 66.5 Å². The van der Waals surface area contributed by atoms with Crippen LogP contribution in [-0.4, -0.2) is 26.5 Å². The van der Waals surface area contributed by atoms with Gasteiger partial charge in [0.15, 0.2) is 11.6 Å². The summed E-state index contributed by atoms with van der Waals surface area (Å²) in [6, 6.07) is 16.4. The maximum absolute atomic E-state index is 12.2. The van der Waals surface area contributed by atoms with Crippen molar-refractivity contribution in [2.75, 3.05) is 5.32 Å². The second-order valence-corrected chi connectivity index (χ2v) is 5.65. The molecule has 0 aliphatic heterocycles. The first-order valence-electron chi connectivity index (χ1n) is 7.96. The summed E-state index contributed by atoms with van der Waals surface area (Å²) in [6.45, 7) is 0. The van der Waals surface area contributed by atoms with E-state index in [4.69, 9.17) is 0 Å². The number of ketones is 1. The van der Waals surface area contributed by atoms with Crippen LogP contribution in [-0.2, 0) is 11.8 Å². The molecule has 0 aliphatic rings. The molecule has 0 aliphatic carbocycles. The molecule has 0 fully saturated rings. The highest BCUT2D eigenvalue weighted by molar-refractivity contribution is 6.01. The van der Waals surface area contributed by atoms with Gasteiger partial charge in [-0.05, 0) is 12.1 Å². The molecular weight excluding hydrogens is 316 g/mol. The van der Waals surface area contributed by atoms with Crippen molar-refractivity contribution in [1.82, 2.24) is 14.8 Å². The molecule has 1 amide bonds. The van der Waals surface area contributed by atoms with Gasteiger partial charge in [-0.15, -0.1) is 10.2 Å². The van der Waals surface area contributed by atoms with Gasteiger partial charge in [0.1, 0.15) is 6.33 Å². The first-order chi connectivity index (χ1) is 12.1. The standard InChI is InChI=1S/C19H18N4O2/c1-23-13-20-22-19(23)15-9-5-6-10-16(15)21-18(25)12-11-17(24)14-7-3-2-4-8-14/h2-10,13H,11-12H2,1H3,(H,21,25). The molecule has 0 atom stereocenters. The summed E-state index contributed by atoms with van der Waals surface area (Å²) in [7, 11) is 1.84. The molecule has 0 unspecified atom stereocenters. The molecule has 6 nitrogen and oxygen atoms in total. The predicted molar refractivity (Wildman–Crippen MR) is 95.1 cm³/mol. The maximum Gasteiger partial charge on any atom is 0.224 e. The van der Waals surface area contributed by atoms with Crippen LogP contribution in [0.25, 0.3) is 11.4 Å². The van der Waals surface area contributed by atoms with E-state index in [1.807, 2.05) is 43.4 Å². The molecule has 0 saturated carbocycles. The van der Waals surface area contributed by atoms with Crippen LogP contribution in [0.15, 0.2) is 60.9 Å². The van der Waals surface area contributed by atoms with Crippen LogP contribution in [0.4, 0.5) is 5.69 Å². The Morgan fingerprint density at radius 2 is 1.72 bits per heavy atom. The SMILES string of the molecule is Cn1cnnc1-c1ccccc1NC(=O)CCC(=O)c1ccccc1. The molecule has 0 radical (unpaired) electrons. The van der Waals surface area contributed by atoms with Gasteiger partial charge in [-0.25, -0.2) is 0 Å². The van der Waals surface area contributed by atoms with Crippen LogP contribution < -0.4 is 5.32 Å². The van der Waals surface area contributed by atoms with E-state index >= 15 is 0 Å². The zero-order chi connectivity index (χ0) is 17.6. The van der Waals surface area contributed by atoms with Crippen molar-refractivity contribution in [2.45, 2.75) is 12.8 Å². The second-order valence-electron chi connectivity index (χ2n) is 5.65. The Balaban J connectivity index is 1.66. The van der Waals surface area contributed by atoms with E-state index in [2.05, 4.69) is 15.5 Å². The molecule has 3 rings (SSSR count). The number of Topliss-reactive ketones (excluding diaryl/α,β-unsaturated/α-hetero) is 1. The van der Waals surface area contributed by atoms with Crippen molar-refractivity contribution in [3.63, 3.8) is 0 Å². The minimum atomic E-state index is -0.209. The molecule has 0 saturated heterocycles. The minimum absolute atomic E-state index is 0.0441. The average Bonchev–Trinajstić information content (AvgIpc) is 3.07. The average molecular weight is 334 g/mol.